The Morgan fingerprint density at radius 1 is 1.20 bits per heavy atom. The number of aromatic nitrogens is 1. The number of hydrogen-bond donors (Lipinski definition) is 1. The fraction of sp³-hybridized carbons (Fsp3) is 0.476. The summed E-state index contributed by atoms with van der Waals surface area (Å²) in [4.78, 5) is 4.57. The predicted molar refractivity (Wildman–Crippen MR) is 99.8 cm³/mol. The molecule has 1 unspecified atom stereocenters. The van der Waals surface area contributed by atoms with Gasteiger partial charge in [0.25, 0.3) is 0 Å². The first-order valence-corrected chi connectivity index (χ1v) is 9.23. The van der Waals surface area contributed by atoms with E-state index in [-0.39, 0.29) is 6.10 Å². The van der Waals surface area contributed by atoms with Gasteiger partial charge in [-0.1, -0.05) is 30.3 Å². The Morgan fingerprint density at radius 2 is 2.04 bits per heavy atom. The number of hydrogen-bond acceptors (Lipinski definition) is 4. The molecule has 0 radical (unpaired) electrons. The molecule has 0 spiro atoms. The van der Waals surface area contributed by atoms with Gasteiger partial charge < -0.3 is 14.8 Å². The Bertz CT molecular complexity index is 658. The molecule has 1 atom stereocenters. The molecule has 1 aromatic carbocycles. The molecule has 4 heteroatoms. The molecule has 134 valence electrons. The SMILES string of the molecule is CC(C)Oc1ccnc2c1C(CCCOCc1ccccc1)NCC2. The van der Waals surface area contributed by atoms with Crippen LogP contribution < -0.4 is 10.1 Å². The van der Waals surface area contributed by atoms with Crippen LogP contribution >= 0.6 is 0 Å². The van der Waals surface area contributed by atoms with Crippen molar-refractivity contribution in [2.75, 3.05) is 13.2 Å². The second kappa shape index (κ2) is 8.97. The molecule has 4 nitrogen and oxygen atoms in total. The van der Waals surface area contributed by atoms with Gasteiger partial charge in [0, 0.05) is 37.4 Å². The maximum absolute atomic E-state index is 6.02. The average molecular weight is 340 g/mol. The Balaban J connectivity index is 1.54. The molecule has 1 aliphatic heterocycles. The largest absolute Gasteiger partial charge is 0.491 e. The normalized spacial score (nSPS) is 16.7. The standard InChI is InChI=1S/C21H28N2O2/c1-16(2)25-20-11-13-23-19-10-12-22-18(21(19)20)9-6-14-24-15-17-7-4-3-5-8-17/h3-5,7-8,11,13,16,18,22H,6,9-10,12,14-15H2,1-2H3. The molecule has 25 heavy (non-hydrogen) atoms. The van der Waals surface area contributed by atoms with Gasteiger partial charge in [-0.05, 0) is 38.3 Å². The summed E-state index contributed by atoms with van der Waals surface area (Å²) < 4.78 is 11.8. The minimum absolute atomic E-state index is 0.170. The van der Waals surface area contributed by atoms with E-state index in [2.05, 4.69) is 36.3 Å². The molecule has 0 saturated carbocycles. The van der Waals surface area contributed by atoms with Crippen molar-refractivity contribution in [1.29, 1.82) is 0 Å². The Hall–Kier alpha value is -1.91. The first-order chi connectivity index (χ1) is 12.2. The first-order valence-electron chi connectivity index (χ1n) is 9.23. The summed E-state index contributed by atoms with van der Waals surface area (Å²) in [5, 5.41) is 3.62. The molecule has 0 aliphatic carbocycles. The van der Waals surface area contributed by atoms with Crippen LogP contribution in [0.5, 0.6) is 5.75 Å². The lowest BCUT2D eigenvalue weighted by molar-refractivity contribution is 0.114. The number of fused-ring (bicyclic) bond motifs is 1. The van der Waals surface area contributed by atoms with E-state index < -0.39 is 0 Å². The number of pyridine rings is 1. The van der Waals surface area contributed by atoms with E-state index in [1.54, 1.807) is 0 Å². The van der Waals surface area contributed by atoms with Gasteiger partial charge in [-0.25, -0.2) is 0 Å². The summed E-state index contributed by atoms with van der Waals surface area (Å²) in [5.41, 5.74) is 3.64. The van der Waals surface area contributed by atoms with Gasteiger partial charge in [-0.15, -0.1) is 0 Å². The van der Waals surface area contributed by atoms with Crippen LogP contribution in [0.3, 0.4) is 0 Å². The maximum Gasteiger partial charge on any atom is 0.127 e. The average Bonchev–Trinajstić information content (AvgIpc) is 2.62. The fourth-order valence-electron chi connectivity index (χ4n) is 3.29. The minimum atomic E-state index is 0.170. The van der Waals surface area contributed by atoms with Gasteiger partial charge in [0.05, 0.1) is 18.4 Å². The number of rotatable bonds is 8. The zero-order valence-corrected chi connectivity index (χ0v) is 15.2. The monoisotopic (exact) mass is 340 g/mol. The summed E-state index contributed by atoms with van der Waals surface area (Å²) in [6, 6.07) is 12.6. The van der Waals surface area contributed by atoms with Crippen molar-refractivity contribution in [1.82, 2.24) is 10.3 Å². The third-order valence-corrected chi connectivity index (χ3v) is 4.39. The van der Waals surface area contributed by atoms with Gasteiger partial charge in [0.2, 0.25) is 0 Å². The highest BCUT2D eigenvalue weighted by atomic mass is 16.5. The van der Waals surface area contributed by atoms with Crippen molar-refractivity contribution in [2.24, 2.45) is 0 Å². The topological polar surface area (TPSA) is 43.4 Å². The van der Waals surface area contributed by atoms with Gasteiger partial charge >= 0.3 is 0 Å². The van der Waals surface area contributed by atoms with Crippen LogP contribution in [-0.4, -0.2) is 24.2 Å². The lowest BCUT2D eigenvalue weighted by Crippen LogP contribution is -2.31. The van der Waals surface area contributed by atoms with Crippen molar-refractivity contribution in [3.63, 3.8) is 0 Å². The van der Waals surface area contributed by atoms with E-state index in [1.807, 2.05) is 30.5 Å². The zero-order chi connectivity index (χ0) is 17.5. The number of ether oxygens (including phenoxy) is 2. The van der Waals surface area contributed by atoms with Crippen molar-refractivity contribution in [3.05, 3.63) is 59.4 Å². The predicted octanol–water partition coefficient (Wildman–Crippen LogP) is 4.05. The number of nitrogens with zero attached hydrogens (tertiary/aromatic N) is 1. The molecular weight excluding hydrogens is 312 g/mol. The number of benzene rings is 1. The van der Waals surface area contributed by atoms with Crippen LogP contribution in [0.4, 0.5) is 0 Å². The van der Waals surface area contributed by atoms with Crippen LogP contribution in [0.15, 0.2) is 42.6 Å². The molecule has 1 aliphatic rings. The summed E-state index contributed by atoms with van der Waals surface area (Å²) in [6.07, 6.45) is 5.04. The zero-order valence-electron chi connectivity index (χ0n) is 15.2. The third kappa shape index (κ3) is 5.03. The van der Waals surface area contributed by atoms with Crippen molar-refractivity contribution in [3.8, 4) is 5.75 Å². The maximum atomic E-state index is 6.02. The molecule has 1 N–H and O–H groups in total. The molecule has 0 fully saturated rings. The highest BCUT2D eigenvalue weighted by molar-refractivity contribution is 5.40. The van der Waals surface area contributed by atoms with E-state index in [1.165, 1.54) is 16.8 Å². The molecule has 0 saturated heterocycles. The van der Waals surface area contributed by atoms with E-state index in [4.69, 9.17) is 9.47 Å². The molecular formula is C21H28N2O2. The van der Waals surface area contributed by atoms with Crippen molar-refractivity contribution < 1.29 is 9.47 Å². The first kappa shape index (κ1) is 17.9. The lowest BCUT2D eigenvalue weighted by atomic mass is 9.94. The Kier molecular flexibility index (Phi) is 6.42. The molecule has 2 aromatic rings. The van der Waals surface area contributed by atoms with Crippen LogP contribution in [0, 0.1) is 0 Å². The fourth-order valence-corrected chi connectivity index (χ4v) is 3.29. The quantitative estimate of drug-likeness (QED) is 0.736. The van der Waals surface area contributed by atoms with Crippen LogP contribution in [0.1, 0.15) is 49.6 Å². The smallest absolute Gasteiger partial charge is 0.127 e. The summed E-state index contributed by atoms with van der Waals surface area (Å²) in [6.45, 7) is 6.55. The van der Waals surface area contributed by atoms with Gasteiger partial charge in [-0.3, -0.25) is 4.98 Å². The molecule has 3 rings (SSSR count). The van der Waals surface area contributed by atoms with Crippen molar-refractivity contribution in [2.45, 2.75) is 51.9 Å². The molecule has 0 amide bonds. The van der Waals surface area contributed by atoms with Gasteiger partial charge in [-0.2, -0.15) is 0 Å². The second-order valence-electron chi connectivity index (χ2n) is 6.77. The summed E-state index contributed by atoms with van der Waals surface area (Å²) >= 11 is 0. The van der Waals surface area contributed by atoms with Crippen LogP contribution in [0.2, 0.25) is 0 Å². The van der Waals surface area contributed by atoms with E-state index in [9.17, 15) is 0 Å². The van der Waals surface area contributed by atoms with E-state index >= 15 is 0 Å². The van der Waals surface area contributed by atoms with Crippen LogP contribution in [-0.2, 0) is 17.8 Å². The Morgan fingerprint density at radius 3 is 2.84 bits per heavy atom. The highest BCUT2D eigenvalue weighted by Crippen LogP contribution is 2.33. The molecule has 0 bridgehead atoms. The van der Waals surface area contributed by atoms with Gasteiger partial charge in [0.15, 0.2) is 0 Å². The van der Waals surface area contributed by atoms with E-state index in [0.717, 1.165) is 38.2 Å². The van der Waals surface area contributed by atoms with Gasteiger partial charge in [0.1, 0.15) is 5.75 Å². The minimum Gasteiger partial charge on any atom is -0.491 e. The summed E-state index contributed by atoms with van der Waals surface area (Å²) in [7, 11) is 0. The highest BCUT2D eigenvalue weighted by Gasteiger charge is 2.24. The summed E-state index contributed by atoms with van der Waals surface area (Å²) in [5.74, 6) is 0.974. The van der Waals surface area contributed by atoms with Crippen molar-refractivity contribution >= 4 is 0 Å². The van der Waals surface area contributed by atoms with Crippen LogP contribution in [0.25, 0.3) is 0 Å². The molecule has 1 aromatic heterocycles. The third-order valence-electron chi connectivity index (χ3n) is 4.39. The van der Waals surface area contributed by atoms with E-state index in [0.29, 0.717) is 12.6 Å². The molecule has 2 heterocycles. The second-order valence-corrected chi connectivity index (χ2v) is 6.77. The number of nitrogens with one attached hydrogen (secondary N) is 1. The Labute approximate surface area is 150 Å². The lowest BCUT2D eigenvalue weighted by Gasteiger charge is -2.29.